The fourth-order valence-electron chi connectivity index (χ4n) is 3.84. The van der Waals surface area contributed by atoms with E-state index in [2.05, 4.69) is 21.2 Å². The van der Waals surface area contributed by atoms with Gasteiger partial charge in [-0.05, 0) is 55.3 Å². The molecule has 10 heteroatoms. The molecule has 0 aromatic heterocycles. The zero-order chi connectivity index (χ0) is 27.7. The highest BCUT2D eigenvalue weighted by Gasteiger charge is 2.33. The number of halogens is 2. The third-order valence-corrected chi connectivity index (χ3v) is 8.24. The van der Waals surface area contributed by atoms with Crippen LogP contribution in [0.2, 0.25) is 0 Å². The lowest BCUT2D eigenvalue weighted by atomic mass is 10.1. The van der Waals surface area contributed by atoms with Crippen molar-refractivity contribution in [1.82, 2.24) is 10.2 Å². The molecular formula is C28H31BrFN3O4S. The summed E-state index contributed by atoms with van der Waals surface area (Å²) in [5.41, 5.74) is 0.483. The molecule has 2 amide bonds. The average molecular weight is 605 g/mol. The second kappa shape index (κ2) is 13.5. The molecule has 3 aromatic rings. The summed E-state index contributed by atoms with van der Waals surface area (Å²) in [5.74, 6) is -1.79. The lowest BCUT2D eigenvalue weighted by Gasteiger charge is -2.32. The van der Waals surface area contributed by atoms with Crippen LogP contribution in [0.1, 0.15) is 32.3 Å². The molecule has 0 heterocycles. The van der Waals surface area contributed by atoms with Gasteiger partial charge in [-0.2, -0.15) is 0 Å². The number of amides is 2. The molecule has 1 N–H and O–H groups in total. The summed E-state index contributed by atoms with van der Waals surface area (Å²) in [4.78, 5) is 28.0. The molecule has 0 saturated carbocycles. The second-order valence-electron chi connectivity index (χ2n) is 8.75. The minimum Gasteiger partial charge on any atom is -0.354 e. The van der Waals surface area contributed by atoms with Gasteiger partial charge in [0.2, 0.25) is 11.8 Å². The van der Waals surface area contributed by atoms with Gasteiger partial charge < -0.3 is 10.2 Å². The first-order valence-corrected chi connectivity index (χ1v) is 14.5. The zero-order valence-corrected chi connectivity index (χ0v) is 23.7. The lowest BCUT2D eigenvalue weighted by molar-refractivity contribution is -0.139. The number of rotatable bonds is 12. The van der Waals surface area contributed by atoms with Crippen LogP contribution in [0.4, 0.5) is 10.1 Å². The summed E-state index contributed by atoms with van der Waals surface area (Å²) in [5, 5.41) is 2.83. The van der Waals surface area contributed by atoms with Crippen molar-refractivity contribution in [3.63, 3.8) is 0 Å². The molecule has 0 spiro atoms. The van der Waals surface area contributed by atoms with Gasteiger partial charge in [0, 0.05) is 17.6 Å². The maximum Gasteiger partial charge on any atom is 0.264 e. The Labute approximate surface area is 231 Å². The number of anilines is 1. The highest BCUT2D eigenvalue weighted by Crippen LogP contribution is 2.27. The van der Waals surface area contributed by atoms with Crippen molar-refractivity contribution in [2.45, 2.75) is 44.2 Å². The Balaban J connectivity index is 2.00. The van der Waals surface area contributed by atoms with E-state index >= 15 is 0 Å². The standard InChI is InChI=1S/C28H31BrFN3O4S/c1-3-4-17-31-28(35)21(2)32(19-22-11-10-12-23(29)18-22)27(34)20-33(26-16-9-8-15-25(26)30)38(36,37)24-13-6-5-7-14-24/h5-16,18,21H,3-4,17,19-20H2,1-2H3,(H,31,35)/t21-/m1/s1. The Morgan fingerprint density at radius 1 is 1.00 bits per heavy atom. The maximum absolute atomic E-state index is 14.9. The molecule has 0 aliphatic carbocycles. The van der Waals surface area contributed by atoms with Gasteiger partial charge in [0.15, 0.2) is 0 Å². The summed E-state index contributed by atoms with van der Waals surface area (Å²) < 4.78 is 43.7. The van der Waals surface area contributed by atoms with Crippen LogP contribution >= 0.6 is 15.9 Å². The SMILES string of the molecule is CCCCNC(=O)[C@@H](C)N(Cc1cccc(Br)c1)C(=O)CN(c1ccccc1F)S(=O)(=O)c1ccccc1. The van der Waals surface area contributed by atoms with Gasteiger partial charge in [-0.25, -0.2) is 12.8 Å². The fourth-order valence-corrected chi connectivity index (χ4v) is 5.73. The van der Waals surface area contributed by atoms with Gasteiger partial charge in [-0.1, -0.05) is 71.7 Å². The average Bonchev–Trinajstić information content (AvgIpc) is 2.91. The van der Waals surface area contributed by atoms with E-state index in [-0.39, 0.29) is 23.0 Å². The van der Waals surface area contributed by atoms with E-state index in [0.29, 0.717) is 6.54 Å². The quantitative estimate of drug-likeness (QED) is 0.291. The van der Waals surface area contributed by atoms with Crippen LogP contribution in [0.5, 0.6) is 0 Å². The summed E-state index contributed by atoms with van der Waals surface area (Å²) in [6, 6.07) is 19.3. The van der Waals surface area contributed by atoms with Crippen molar-refractivity contribution in [3.8, 4) is 0 Å². The normalized spacial score (nSPS) is 12.0. The number of nitrogens with one attached hydrogen (secondary N) is 1. The van der Waals surface area contributed by atoms with E-state index in [0.717, 1.165) is 33.2 Å². The summed E-state index contributed by atoms with van der Waals surface area (Å²) in [7, 11) is -4.31. The maximum atomic E-state index is 14.9. The van der Waals surface area contributed by atoms with Crippen molar-refractivity contribution in [2.24, 2.45) is 0 Å². The number of nitrogens with zero attached hydrogens (tertiary/aromatic N) is 2. The van der Waals surface area contributed by atoms with Crippen molar-refractivity contribution < 1.29 is 22.4 Å². The molecule has 0 aliphatic heterocycles. The van der Waals surface area contributed by atoms with Crippen LogP contribution in [0, 0.1) is 5.82 Å². The number of sulfonamides is 1. The second-order valence-corrected chi connectivity index (χ2v) is 11.5. The van der Waals surface area contributed by atoms with E-state index in [4.69, 9.17) is 0 Å². The molecule has 0 saturated heterocycles. The molecule has 7 nitrogen and oxygen atoms in total. The van der Waals surface area contributed by atoms with Gasteiger partial charge in [0.25, 0.3) is 10.0 Å². The van der Waals surface area contributed by atoms with Gasteiger partial charge in [0.1, 0.15) is 18.4 Å². The van der Waals surface area contributed by atoms with Crippen molar-refractivity contribution >= 4 is 43.5 Å². The van der Waals surface area contributed by atoms with Crippen LogP contribution in [-0.2, 0) is 26.2 Å². The largest absolute Gasteiger partial charge is 0.354 e. The summed E-state index contributed by atoms with van der Waals surface area (Å²) >= 11 is 3.42. The molecule has 0 fully saturated rings. The molecule has 3 rings (SSSR count). The Kier molecular flexibility index (Phi) is 10.4. The van der Waals surface area contributed by atoms with Crippen LogP contribution in [-0.4, -0.2) is 44.3 Å². The zero-order valence-electron chi connectivity index (χ0n) is 21.3. The number of carbonyl (C=O) groups is 2. The molecule has 0 unspecified atom stereocenters. The van der Waals surface area contributed by atoms with Crippen molar-refractivity contribution in [1.29, 1.82) is 0 Å². The van der Waals surface area contributed by atoms with E-state index in [9.17, 15) is 22.4 Å². The third-order valence-electron chi connectivity index (χ3n) is 5.97. The van der Waals surface area contributed by atoms with E-state index < -0.39 is 34.3 Å². The number of carbonyl (C=O) groups excluding carboxylic acids is 2. The van der Waals surface area contributed by atoms with Crippen LogP contribution in [0.15, 0.2) is 88.2 Å². The molecule has 1 atom stereocenters. The topological polar surface area (TPSA) is 86.8 Å². The van der Waals surface area contributed by atoms with Gasteiger partial charge in [0.05, 0.1) is 10.6 Å². The van der Waals surface area contributed by atoms with E-state index in [1.807, 2.05) is 25.1 Å². The van der Waals surface area contributed by atoms with E-state index in [1.165, 1.54) is 35.2 Å². The first kappa shape index (κ1) is 29.3. The van der Waals surface area contributed by atoms with Crippen molar-refractivity contribution in [3.05, 3.63) is 94.7 Å². The number of benzene rings is 3. The minimum absolute atomic E-state index is 0.0527. The molecule has 38 heavy (non-hydrogen) atoms. The predicted octanol–water partition coefficient (Wildman–Crippen LogP) is 5.12. The number of unbranched alkanes of at least 4 members (excludes halogenated alkanes) is 1. The number of para-hydroxylation sites is 1. The Morgan fingerprint density at radius 3 is 2.34 bits per heavy atom. The number of hydrogen-bond acceptors (Lipinski definition) is 4. The first-order chi connectivity index (χ1) is 18.1. The number of hydrogen-bond donors (Lipinski definition) is 1. The molecule has 0 aliphatic rings. The third kappa shape index (κ3) is 7.41. The first-order valence-electron chi connectivity index (χ1n) is 12.3. The lowest BCUT2D eigenvalue weighted by Crippen LogP contribution is -2.51. The molecule has 0 bridgehead atoms. The Morgan fingerprint density at radius 2 is 1.68 bits per heavy atom. The Bertz CT molecular complexity index is 1350. The van der Waals surface area contributed by atoms with Gasteiger partial charge in [-0.3, -0.25) is 13.9 Å². The van der Waals surface area contributed by atoms with Gasteiger partial charge in [-0.15, -0.1) is 0 Å². The molecule has 3 aromatic carbocycles. The van der Waals surface area contributed by atoms with Gasteiger partial charge >= 0.3 is 0 Å². The minimum atomic E-state index is -4.31. The fraction of sp³-hybridized carbons (Fsp3) is 0.286. The van der Waals surface area contributed by atoms with Crippen molar-refractivity contribution in [2.75, 3.05) is 17.4 Å². The van der Waals surface area contributed by atoms with Crippen LogP contribution < -0.4 is 9.62 Å². The Hall–Kier alpha value is -3.24. The van der Waals surface area contributed by atoms with Crippen LogP contribution in [0.3, 0.4) is 0 Å². The summed E-state index contributed by atoms with van der Waals surface area (Å²) in [6.45, 7) is 3.41. The molecular weight excluding hydrogens is 573 g/mol. The predicted molar refractivity (Wildman–Crippen MR) is 149 cm³/mol. The monoisotopic (exact) mass is 603 g/mol. The summed E-state index contributed by atoms with van der Waals surface area (Å²) in [6.07, 6.45) is 1.68. The molecule has 0 radical (unpaired) electrons. The highest BCUT2D eigenvalue weighted by atomic mass is 79.9. The smallest absolute Gasteiger partial charge is 0.264 e. The van der Waals surface area contributed by atoms with E-state index in [1.54, 1.807) is 31.2 Å². The molecule has 202 valence electrons. The highest BCUT2D eigenvalue weighted by molar-refractivity contribution is 9.10. The van der Waals surface area contributed by atoms with Crippen LogP contribution in [0.25, 0.3) is 0 Å².